The van der Waals surface area contributed by atoms with Crippen LogP contribution in [0, 0.1) is 0 Å². The van der Waals surface area contributed by atoms with Crippen LogP contribution in [0.25, 0.3) is 0 Å². The molecule has 2 aliphatic heterocycles. The van der Waals surface area contributed by atoms with E-state index < -0.39 is 0 Å². The van der Waals surface area contributed by atoms with E-state index in [-0.39, 0.29) is 11.9 Å². The van der Waals surface area contributed by atoms with Gasteiger partial charge in [0.25, 0.3) is 0 Å². The molecule has 3 rings (SSSR count). The van der Waals surface area contributed by atoms with E-state index in [0.29, 0.717) is 5.75 Å². The lowest BCUT2D eigenvalue weighted by Gasteiger charge is -2.37. The number of rotatable bonds is 3. The quantitative estimate of drug-likeness (QED) is 0.880. The zero-order valence-electron chi connectivity index (χ0n) is 13.0. The van der Waals surface area contributed by atoms with E-state index in [1.54, 1.807) is 6.07 Å². The summed E-state index contributed by atoms with van der Waals surface area (Å²) >= 11 is 0. The summed E-state index contributed by atoms with van der Waals surface area (Å²) in [7, 11) is 0. The third kappa shape index (κ3) is 3.78. The Morgan fingerprint density at radius 1 is 1.23 bits per heavy atom. The zero-order valence-corrected chi connectivity index (χ0v) is 13.0. The van der Waals surface area contributed by atoms with Crippen LogP contribution in [0.15, 0.2) is 24.3 Å². The molecule has 1 amide bonds. The van der Waals surface area contributed by atoms with Gasteiger partial charge in [0.1, 0.15) is 5.75 Å². The monoisotopic (exact) mass is 303 g/mol. The molecule has 0 radical (unpaired) electrons. The molecule has 0 saturated carbocycles. The number of phenolic OH excluding ortho intramolecular Hbond substituents is 1. The van der Waals surface area contributed by atoms with Crippen molar-refractivity contribution >= 4 is 5.91 Å². The summed E-state index contributed by atoms with van der Waals surface area (Å²) in [4.78, 5) is 16.8. The lowest BCUT2D eigenvalue weighted by Crippen LogP contribution is -2.54. The Morgan fingerprint density at radius 2 is 2.05 bits per heavy atom. The number of nitrogens with one attached hydrogen (secondary N) is 1. The molecule has 1 aromatic rings. The third-order valence-electron chi connectivity index (χ3n) is 4.61. The second-order valence-corrected chi connectivity index (χ2v) is 6.27. The Hall–Kier alpha value is -1.59. The molecule has 0 bridgehead atoms. The highest BCUT2D eigenvalue weighted by Crippen LogP contribution is 2.15. The summed E-state index contributed by atoms with van der Waals surface area (Å²) in [5.41, 5.74) is 1.12. The van der Waals surface area contributed by atoms with Gasteiger partial charge in [0.2, 0.25) is 5.91 Å². The van der Waals surface area contributed by atoms with E-state index in [4.69, 9.17) is 0 Å². The molecule has 5 heteroatoms. The van der Waals surface area contributed by atoms with Crippen LogP contribution in [0.2, 0.25) is 0 Å². The highest BCUT2D eigenvalue weighted by atomic mass is 16.3. The predicted octanol–water partition coefficient (Wildman–Crippen LogP) is 1.18. The maximum atomic E-state index is 12.5. The lowest BCUT2D eigenvalue weighted by atomic mass is 10.0. The standard InChI is InChI=1S/C17H25N3O2/c21-15-5-3-4-14(12-15)13-19-8-10-20(11-9-19)17(22)16-6-1-2-7-18-16/h3-5,12,16,18,21H,1-2,6-11,13H2/t16-/m1/s1. The normalized spacial score (nSPS) is 23.5. The van der Waals surface area contributed by atoms with Crippen molar-refractivity contribution in [3.63, 3.8) is 0 Å². The predicted molar refractivity (Wildman–Crippen MR) is 85.6 cm³/mol. The van der Waals surface area contributed by atoms with Gasteiger partial charge in [-0.1, -0.05) is 18.6 Å². The topological polar surface area (TPSA) is 55.8 Å². The number of hydrogen-bond donors (Lipinski definition) is 2. The molecule has 2 heterocycles. The molecule has 0 aromatic heterocycles. The molecule has 5 nitrogen and oxygen atoms in total. The van der Waals surface area contributed by atoms with Crippen molar-refractivity contribution < 1.29 is 9.90 Å². The van der Waals surface area contributed by atoms with Crippen molar-refractivity contribution in [2.24, 2.45) is 0 Å². The number of piperazine rings is 1. The third-order valence-corrected chi connectivity index (χ3v) is 4.61. The number of phenols is 1. The first-order valence-corrected chi connectivity index (χ1v) is 8.25. The SMILES string of the molecule is O=C([C@H]1CCCCN1)N1CCN(Cc2cccc(O)c2)CC1. The van der Waals surface area contributed by atoms with Crippen molar-refractivity contribution in [3.8, 4) is 5.75 Å². The van der Waals surface area contributed by atoms with Crippen molar-refractivity contribution in [2.75, 3.05) is 32.7 Å². The van der Waals surface area contributed by atoms with Crippen LogP contribution in [0.3, 0.4) is 0 Å². The van der Waals surface area contributed by atoms with Gasteiger partial charge in [0.15, 0.2) is 0 Å². The van der Waals surface area contributed by atoms with Crippen LogP contribution in [-0.4, -0.2) is 59.6 Å². The first-order chi connectivity index (χ1) is 10.7. The van der Waals surface area contributed by atoms with Crippen LogP contribution in [0.5, 0.6) is 5.75 Å². The lowest BCUT2D eigenvalue weighted by molar-refractivity contribution is -0.135. The maximum Gasteiger partial charge on any atom is 0.239 e. The minimum absolute atomic E-state index is 0.0337. The van der Waals surface area contributed by atoms with Gasteiger partial charge >= 0.3 is 0 Å². The number of hydrogen-bond acceptors (Lipinski definition) is 4. The summed E-state index contributed by atoms with van der Waals surface area (Å²) in [6, 6.07) is 7.44. The first-order valence-electron chi connectivity index (χ1n) is 8.25. The fourth-order valence-electron chi connectivity index (χ4n) is 3.32. The smallest absolute Gasteiger partial charge is 0.239 e. The molecule has 1 atom stereocenters. The average Bonchev–Trinajstić information content (AvgIpc) is 2.56. The van der Waals surface area contributed by atoms with E-state index in [9.17, 15) is 9.90 Å². The summed E-state index contributed by atoms with van der Waals surface area (Å²) < 4.78 is 0. The largest absolute Gasteiger partial charge is 0.508 e. The highest BCUT2D eigenvalue weighted by molar-refractivity contribution is 5.82. The van der Waals surface area contributed by atoms with Crippen molar-refractivity contribution in [1.29, 1.82) is 0 Å². The van der Waals surface area contributed by atoms with Gasteiger partial charge in [0, 0.05) is 32.7 Å². The number of carbonyl (C=O) groups excluding carboxylic acids is 1. The zero-order chi connectivity index (χ0) is 15.4. The molecule has 0 unspecified atom stereocenters. The summed E-state index contributed by atoms with van der Waals surface area (Å²) in [5, 5.41) is 12.9. The summed E-state index contributed by atoms with van der Waals surface area (Å²) in [5.74, 6) is 0.589. The van der Waals surface area contributed by atoms with Crippen LogP contribution >= 0.6 is 0 Å². The van der Waals surface area contributed by atoms with Crippen LogP contribution in [-0.2, 0) is 11.3 Å². The second kappa shape index (κ2) is 7.11. The fourth-order valence-corrected chi connectivity index (χ4v) is 3.32. The molecule has 2 N–H and O–H groups in total. The maximum absolute atomic E-state index is 12.5. The first kappa shape index (κ1) is 15.3. The van der Waals surface area contributed by atoms with E-state index in [1.807, 2.05) is 23.1 Å². The Morgan fingerprint density at radius 3 is 2.73 bits per heavy atom. The van der Waals surface area contributed by atoms with E-state index in [1.165, 1.54) is 6.42 Å². The molecular formula is C17H25N3O2. The number of benzene rings is 1. The van der Waals surface area contributed by atoms with Gasteiger partial charge in [-0.2, -0.15) is 0 Å². The van der Waals surface area contributed by atoms with Gasteiger partial charge in [-0.3, -0.25) is 9.69 Å². The Labute approximate surface area is 131 Å². The molecule has 2 saturated heterocycles. The van der Waals surface area contributed by atoms with Crippen LogP contribution < -0.4 is 5.32 Å². The van der Waals surface area contributed by atoms with E-state index in [2.05, 4.69) is 10.2 Å². The van der Waals surface area contributed by atoms with Gasteiger partial charge < -0.3 is 15.3 Å². The van der Waals surface area contributed by atoms with Crippen LogP contribution in [0.4, 0.5) is 0 Å². The molecule has 0 spiro atoms. The number of carbonyl (C=O) groups is 1. The van der Waals surface area contributed by atoms with E-state index in [0.717, 1.165) is 57.7 Å². The minimum Gasteiger partial charge on any atom is -0.508 e. The molecule has 120 valence electrons. The highest BCUT2D eigenvalue weighted by Gasteiger charge is 2.28. The average molecular weight is 303 g/mol. The second-order valence-electron chi connectivity index (χ2n) is 6.27. The Bertz CT molecular complexity index is 506. The number of amides is 1. The molecule has 2 aliphatic rings. The van der Waals surface area contributed by atoms with Crippen molar-refractivity contribution in [1.82, 2.24) is 15.1 Å². The Balaban J connectivity index is 1.48. The van der Waals surface area contributed by atoms with Gasteiger partial charge in [-0.05, 0) is 37.1 Å². The van der Waals surface area contributed by atoms with E-state index >= 15 is 0 Å². The minimum atomic E-state index is 0.0337. The molecular weight excluding hydrogens is 278 g/mol. The number of nitrogens with zero attached hydrogens (tertiary/aromatic N) is 2. The van der Waals surface area contributed by atoms with Gasteiger partial charge in [-0.25, -0.2) is 0 Å². The molecule has 0 aliphatic carbocycles. The Kier molecular flexibility index (Phi) is 4.95. The molecule has 2 fully saturated rings. The number of piperidine rings is 1. The number of aromatic hydroxyl groups is 1. The molecule has 22 heavy (non-hydrogen) atoms. The fraction of sp³-hybridized carbons (Fsp3) is 0.588. The molecule has 1 aromatic carbocycles. The van der Waals surface area contributed by atoms with Crippen molar-refractivity contribution in [3.05, 3.63) is 29.8 Å². The van der Waals surface area contributed by atoms with Crippen molar-refractivity contribution in [2.45, 2.75) is 31.8 Å². The van der Waals surface area contributed by atoms with Crippen LogP contribution in [0.1, 0.15) is 24.8 Å². The summed E-state index contributed by atoms with van der Waals surface area (Å²) in [6.45, 7) is 5.19. The van der Waals surface area contributed by atoms with Gasteiger partial charge in [0.05, 0.1) is 6.04 Å². The van der Waals surface area contributed by atoms with Gasteiger partial charge in [-0.15, -0.1) is 0 Å². The summed E-state index contributed by atoms with van der Waals surface area (Å²) in [6.07, 6.45) is 3.31.